The van der Waals surface area contributed by atoms with Gasteiger partial charge >= 0.3 is 5.69 Å². The van der Waals surface area contributed by atoms with E-state index in [2.05, 4.69) is 20.8 Å². The number of nitrogens with one attached hydrogen (secondary N) is 2. The van der Waals surface area contributed by atoms with Crippen LogP contribution >= 0.6 is 0 Å². The van der Waals surface area contributed by atoms with E-state index in [-0.39, 0.29) is 36.2 Å². The number of rotatable bonds is 7. The summed E-state index contributed by atoms with van der Waals surface area (Å²) in [6.45, 7) is 1.79. The summed E-state index contributed by atoms with van der Waals surface area (Å²) in [4.78, 5) is 34.7. The minimum atomic E-state index is -0.510. The first-order valence-electron chi connectivity index (χ1n) is 8.71. The molecule has 3 aromatic rings. The number of benzene rings is 1. The molecule has 0 saturated carbocycles. The molecule has 3 rings (SSSR count). The maximum Gasteiger partial charge on any atom is 0.309 e. The summed E-state index contributed by atoms with van der Waals surface area (Å²) in [7, 11) is 1.72. The highest BCUT2D eigenvalue weighted by atomic mass is 16.6. The molecule has 2 N–H and O–H groups in total. The third kappa shape index (κ3) is 4.83. The fraction of sp³-hybridized carbons (Fsp3) is 0.222. The van der Waals surface area contributed by atoms with Crippen molar-refractivity contribution >= 4 is 28.9 Å². The second-order valence-corrected chi connectivity index (χ2v) is 6.30. The lowest BCUT2D eigenvalue weighted by molar-refractivity contribution is -0.385. The maximum atomic E-state index is 12.2. The van der Waals surface area contributed by atoms with Crippen molar-refractivity contribution in [3.8, 4) is 0 Å². The summed E-state index contributed by atoms with van der Waals surface area (Å²) >= 11 is 0. The van der Waals surface area contributed by atoms with Gasteiger partial charge in [0, 0.05) is 31.0 Å². The zero-order valence-corrected chi connectivity index (χ0v) is 15.8. The average Bonchev–Trinajstić information content (AvgIpc) is 3.26. The Morgan fingerprint density at radius 1 is 1.21 bits per heavy atom. The van der Waals surface area contributed by atoms with Gasteiger partial charge in [0.25, 0.3) is 5.91 Å². The van der Waals surface area contributed by atoms with Crippen molar-refractivity contribution in [2.45, 2.75) is 19.9 Å². The molecule has 2 amide bonds. The molecular weight excluding hydrogens is 378 g/mol. The van der Waals surface area contributed by atoms with Crippen molar-refractivity contribution in [1.29, 1.82) is 0 Å². The van der Waals surface area contributed by atoms with E-state index in [9.17, 15) is 19.7 Å². The molecule has 150 valence electrons. The van der Waals surface area contributed by atoms with Crippen LogP contribution in [0.1, 0.15) is 22.6 Å². The summed E-state index contributed by atoms with van der Waals surface area (Å²) in [5.74, 6) is -0.638. The molecule has 0 atom stereocenters. The van der Waals surface area contributed by atoms with Gasteiger partial charge in [-0.05, 0) is 31.2 Å². The number of anilines is 2. The van der Waals surface area contributed by atoms with Crippen molar-refractivity contribution in [2.75, 3.05) is 10.6 Å². The Hall–Kier alpha value is -4.02. The second kappa shape index (κ2) is 8.33. The molecule has 0 bridgehead atoms. The molecule has 0 saturated heterocycles. The van der Waals surface area contributed by atoms with Crippen LogP contribution in [0.25, 0.3) is 0 Å². The predicted octanol–water partition coefficient (Wildman–Crippen LogP) is 2.11. The third-order valence-corrected chi connectivity index (χ3v) is 4.18. The maximum absolute atomic E-state index is 12.2. The van der Waals surface area contributed by atoms with Crippen LogP contribution in [-0.2, 0) is 18.4 Å². The summed E-state index contributed by atoms with van der Waals surface area (Å²) < 4.78 is 2.95. The van der Waals surface area contributed by atoms with Crippen LogP contribution in [0.2, 0.25) is 0 Å². The highest BCUT2D eigenvalue weighted by Crippen LogP contribution is 2.18. The normalized spacial score (nSPS) is 10.6. The minimum absolute atomic E-state index is 0.0817. The van der Waals surface area contributed by atoms with Crippen LogP contribution in [0, 0.1) is 17.0 Å². The molecule has 11 nitrogen and oxygen atoms in total. The lowest BCUT2D eigenvalue weighted by Crippen LogP contribution is -2.16. The SMILES string of the molecule is Cc1c([N+](=O)[O-])cnn1CCC(=O)Nc1cccc(NC(=O)c2ccn(C)n2)c1. The van der Waals surface area contributed by atoms with Gasteiger partial charge in [-0.1, -0.05) is 6.07 Å². The van der Waals surface area contributed by atoms with Crippen LogP contribution < -0.4 is 10.6 Å². The van der Waals surface area contributed by atoms with Gasteiger partial charge in [0.2, 0.25) is 5.91 Å². The van der Waals surface area contributed by atoms with E-state index in [4.69, 9.17) is 0 Å². The van der Waals surface area contributed by atoms with Gasteiger partial charge in [-0.25, -0.2) is 0 Å². The third-order valence-electron chi connectivity index (χ3n) is 4.18. The lowest BCUT2D eigenvalue weighted by Gasteiger charge is -2.09. The van der Waals surface area contributed by atoms with Gasteiger partial charge in [0.15, 0.2) is 5.69 Å². The molecule has 2 heterocycles. The molecule has 0 radical (unpaired) electrons. The van der Waals surface area contributed by atoms with E-state index in [1.165, 1.54) is 15.6 Å². The molecule has 0 spiro atoms. The molecule has 0 aliphatic carbocycles. The number of hydrogen-bond donors (Lipinski definition) is 2. The van der Waals surface area contributed by atoms with Crippen molar-refractivity contribution in [2.24, 2.45) is 7.05 Å². The molecule has 0 fully saturated rings. The number of nitro groups is 1. The number of amides is 2. The summed E-state index contributed by atoms with van der Waals surface area (Å²) in [6, 6.07) is 8.32. The quantitative estimate of drug-likeness (QED) is 0.463. The predicted molar refractivity (Wildman–Crippen MR) is 104 cm³/mol. The Bertz CT molecular complexity index is 1070. The van der Waals surface area contributed by atoms with Crippen LogP contribution in [-0.4, -0.2) is 36.3 Å². The molecule has 1 aromatic carbocycles. The van der Waals surface area contributed by atoms with E-state index >= 15 is 0 Å². The van der Waals surface area contributed by atoms with Crippen molar-refractivity contribution in [3.63, 3.8) is 0 Å². The average molecular weight is 397 g/mol. The zero-order chi connectivity index (χ0) is 21.0. The number of aromatic nitrogens is 4. The van der Waals surface area contributed by atoms with Gasteiger partial charge in [-0.2, -0.15) is 10.2 Å². The summed E-state index contributed by atoms with van der Waals surface area (Å²) in [5, 5.41) is 24.3. The molecule has 0 aliphatic rings. The second-order valence-electron chi connectivity index (χ2n) is 6.30. The largest absolute Gasteiger partial charge is 0.326 e. The van der Waals surface area contributed by atoms with Crippen LogP contribution in [0.4, 0.5) is 17.1 Å². The van der Waals surface area contributed by atoms with Crippen LogP contribution in [0.3, 0.4) is 0 Å². The van der Waals surface area contributed by atoms with E-state index in [1.54, 1.807) is 50.5 Å². The van der Waals surface area contributed by atoms with E-state index < -0.39 is 4.92 Å². The van der Waals surface area contributed by atoms with E-state index in [0.717, 1.165) is 0 Å². The number of carbonyl (C=O) groups is 2. The fourth-order valence-electron chi connectivity index (χ4n) is 2.68. The standard InChI is InChI=1S/C18H19N7O4/c1-12-16(25(28)29)11-19-24(12)9-7-17(26)20-13-4-3-5-14(10-13)21-18(27)15-6-8-23(2)22-15/h3-6,8,10-11H,7,9H2,1-2H3,(H,20,26)(H,21,27). The first kappa shape index (κ1) is 19.7. The summed E-state index contributed by atoms with van der Waals surface area (Å²) in [6.07, 6.45) is 2.92. The molecule has 2 aromatic heterocycles. The molecular formula is C18H19N7O4. The fourth-order valence-corrected chi connectivity index (χ4v) is 2.68. The topological polar surface area (TPSA) is 137 Å². The van der Waals surface area contributed by atoms with Crippen molar-refractivity contribution in [1.82, 2.24) is 19.6 Å². The minimum Gasteiger partial charge on any atom is -0.326 e. The highest BCUT2D eigenvalue weighted by Gasteiger charge is 2.17. The first-order valence-corrected chi connectivity index (χ1v) is 8.71. The molecule has 29 heavy (non-hydrogen) atoms. The number of carbonyl (C=O) groups excluding carboxylic acids is 2. The van der Waals surface area contributed by atoms with E-state index in [0.29, 0.717) is 17.1 Å². The van der Waals surface area contributed by atoms with Gasteiger partial charge < -0.3 is 10.6 Å². The Balaban J connectivity index is 1.57. The van der Waals surface area contributed by atoms with Gasteiger partial charge in [0.1, 0.15) is 11.9 Å². The number of aryl methyl sites for hydroxylation is 2. The zero-order valence-electron chi connectivity index (χ0n) is 15.8. The first-order chi connectivity index (χ1) is 13.8. The Morgan fingerprint density at radius 2 is 1.93 bits per heavy atom. The van der Waals surface area contributed by atoms with Gasteiger partial charge in [0.05, 0.1) is 11.5 Å². The Morgan fingerprint density at radius 3 is 2.55 bits per heavy atom. The van der Waals surface area contributed by atoms with Crippen molar-refractivity contribution < 1.29 is 14.5 Å². The lowest BCUT2D eigenvalue weighted by atomic mass is 10.2. The molecule has 0 aliphatic heterocycles. The smallest absolute Gasteiger partial charge is 0.309 e. The van der Waals surface area contributed by atoms with Gasteiger partial charge in [-0.3, -0.25) is 29.1 Å². The van der Waals surface area contributed by atoms with Crippen LogP contribution in [0.5, 0.6) is 0 Å². The molecule has 11 heteroatoms. The van der Waals surface area contributed by atoms with E-state index in [1.807, 2.05) is 0 Å². The van der Waals surface area contributed by atoms with Crippen molar-refractivity contribution in [3.05, 3.63) is 64.2 Å². The monoisotopic (exact) mass is 397 g/mol. The van der Waals surface area contributed by atoms with Gasteiger partial charge in [-0.15, -0.1) is 0 Å². The Kier molecular flexibility index (Phi) is 5.67. The number of hydrogen-bond acceptors (Lipinski definition) is 6. The summed E-state index contributed by atoms with van der Waals surface area (Å²) in [5.41, 5.74) is 1.61. The Labute approximate surface area is 165 Å². The number of nitrogens with zero attached hydrogens (tertiary/aromatic N) is 5. The van der Waals surface area contributed by atoms with Crippen LogP contribution in [0.15, 0.2) is 42.7 Å². The molecule has 0 unspecified atom stereocenters. The highest BCUT2D eigenvalue weighted by molar-refractivity contribution is 6.03.